The molecule has 1 aliphatic rings. The van der Waals surface area contributed by atoms with Crippen molar-refractivity contribution in [2.24, 2.45) is 11.7 Å². The lowest BCUT2D eigenvalue weighted by Crippen LogP contribution is -2.27. The van der Waals surface area contributed by atoms with Crippen molar-refractivity contribution in [1.29, 1.82) is 0 Å². The van der Waals surface area contributed by atoms with Gasteiger partial charge in [-0.15, -0.1) is 0 Å². The lowest BCUT2D eigenvalue weighted by Gasteiger charge is -2.20. The number of rotatable bonds is 3. The summed E-state index contributed by atoms with van der Waals surface area (Å²) in [5.74, 6) is 0.698. The van der Waals surface area contributed by atoms with Crippen molar-refractivity contribution < 1.29 is 0 Å². The van der Waals surface area contributed by atoms with E-state index in [1.54, 1.807) is 0 Å². The smallest absolute Gasteiger partial charge is 0.0236 e. The second kappa shape index (κ2) is 4.77. The van der Waals surface area contributed by atoms with E-state index in [1.807, 2.05) is 0 Å². The van der Waals surface area contributed by atoms with Crippen LogP contribution >= 0.6 is 0 Å². The van der Waals surface area contributed by atoms with Gasteiger partial charge in [0.2, 0.25) is 0 Å². The van der Waals surface area contributed by atoms with Crippen LogP contribution in [0.5, 0.6) is 0 Å². The molecule has 1 fully saturated rings. The Bertz CT molecular complexity index is 297. The van der Waals surface area contributed by atoms with Crippen molar-refractivity contribution in [3.63, 3.8) is 0 Å². The van der Waals surface area contributed by atoms with Gasteiger partial charge in [-0.25, -0.2) is 0 Å². The Hall–Kier alpha value is -0.860. The Balaban J connectivity index is 1.96. The van der Waals surface area contributed by atoms with E-state index in [0.29, 0.717) is 12.0 Å². The maximum Gasteiger partial charge on any atom is 0.0236 e. The highest BCUT2D eigenvalue weighted by atomic mass is 15.2. The van der Waals surface area contributed by atoms with E-state index in [9.17, 15) is 0 Å². The third-order valence-corrected chi connectivity index (χ3v) is 3.35. The fourth-order valence-electron chi connectivity index (χ4n) is 2.43. The normalized spacial score (nSPS) is 27.1. The Morgan fingerprint density at radius 2 is 2.07 bits per heavy atom. The highest BCUT2D eigenvalue weighted by Gasteiger charge is 2.27. The second-order valence-electron chi connectivity index (χ2n) is 4.60. The average molecular weight is 204 g/mol. The highest BCUT2D eigenvalue weighted by Crippen LogP contribution is 2.23. The number of nitrogens with two attached hydrogens (primary N) is 1. The molecule has 2 rings (SSSR count). The molecule has 1 aliphatic heterocycles. The molecule has 0 radical (unpaired) electrons. The van der Waals surface area contributed by atoms with Crippen molar-refractivity contribution in [2.75, 3.05) is 13.1 Å². The number of nitrogens with zero attached hydrogens (tertiary/aromatic N) is 1. The Morgan fingerprint density at radius 1 is 1.33 bits per heavy atom. The molecule has 1 heterocycles. The summed E-state index contributed by atoms with van der Waals surface area (Å²) in [7, 11) is 0. The van der Waals surface area contributed by atoms with Gasteiger partial charge in [-0.3, -0.25) is 4.90 Å². The summed E-state index contributed by atoms with van der Waals surface area (Å²) < 4.78 is 0. The molecule has 82 valence electrons. The van der Waals surface area contributed by atoms with Crippen LogP contribution in [0.1, 0.15) is 18.9 Å². The molecule has 0 bridgehead atoms. The van der Waals surface area contributed by atoms with Crippen LogP contribution in [0.4, 0.5) is 0 Å². The SMILES string of the molecule is C[C@H]1C[C@H](CN)CN1Cc1ccccc1. The molecule has 2 atom stereocenters. The topological polar surface area (TPSA) is 29.3 Å². The first kappa shape index (κ1) is 10.7. The van der Waals surface area contributed by atoms with E-state index in [2.05, 4.69) is 42.2 Å². The van der Waals surface area contributed by atoms with E-state index >= 15 is 0 Å². The predicted molar refractivity (Wildman–Crippen MR) is 63.5 cm³/mol. The standard InChI is InChI=1S/C13H20N2/c1-11-7-13(8-14)10-15(11)9-12-5-3-2-4-6-12/h2-6,11,13H,7-10,14H2,1H3/t11-,13+/m0/s1. The first-order valence-corrected chi connectivity index (χ1v) is 5.77. The van der Waals surface area contributed by atoms with Crippen LogP contribution in [-0.4, -0.2) is 24.0 Å². The first-order valence-electron chi connectivity index (χ1n) is 5.77. The summed E-state index contributed by atoms with van der Waals surface area (Å²) in [5, 5.41) is 0. The van der Waals surface area contributed by atoms with Crippen LogP contribution in [0.3, 0.4) is 0 Å². The molecule has 1 aromatic carbocycles. The van der Waals surface area contributed by atoms with Crippen LogP contribution in [0.2, 0.25) is 0 Å². The van der Waals surface area contributed by atoms with E-state index in [0.717, 1.165) is 19.6 Å². The predicted octanol–water partition coefficient (Wildman–Crippen LogP) is 1.86. The third kappa shape index (κ3) is 2.58. The molecule has 2 N–H and O–H groups in total. The van der Waals surface area contributed by atoms with Crippen molar-refractivity contribution in [2.45, 2.75) is 25.9 Å². The Labute approximate surface area is 92.1 Å². The molecular formula is C13H20N2. The zero-order valence-electron chi connectivity index (χ0n) is 9.39. The molecule has 0 unspecified atom stereocenters. The van der Waals surface area contributed by atoms with Gasteiger partial charge in [0.1, 0.15) is 0 Å². The van der Waals surface area contributed by atoms with E-state index < -0.39 is 0 Å². The maximum absolute atomic E-state index is 5.72. The molecule has 1 saturated heterocycles. The molecule has 0 saturated carbocycles. The van der Waals surface area contributed by atoms with Gasteiger partial charge in [0, 0.05) is 19.1 Å². The fourth-order valence-corrected chi connectivity index (χ4v) is 2.43. The zero-order valence-corrected chi connectivity index (χ0v) is 9.39. The van der Waals surface area contributed by atoms with E-state index in [4.69, 9.17) is 5.73 Å². The van der Waals surface area contributed by atoms with Gasteiger partial charge in [0.15, 0.2) is 0 Å². The Kier molecular flexibility index (Phi) is 3.39. The van der Waals surface area contributed by atoms with Gasteiger partial charge in [-0.05, 0) is 31.4 Å². The maximum atomic E-state index is 5.72. The van der Waals surface area contributed by atoms with Gasteiger partial charge in [-0.1, -0.05) is 30.3 Å². The Morgan fingerprint density at radius 3 is 2.67 bits per heavy atom. The third-order valence-electron chi connectivity index (χ3n) is 3.35. The molecule has 0 aromatic heterocycles. The van der Waals surface area contributed by atoms with Gasteiger partial charge < -0.3 is 5.73 Å². The number of benzene rings is 1. The largest absolute Gasteiger partial charge is 0.330 e. The fraction of sp³-hybridized carbons (Fsp3) is 0.538. The molecule has 15 heavy (non-hydrogen) atoms. The highest BCUT2D eigenvalue weighted by molar-refractivity contribution is 5.14. The van der Waals surface area contributed by atoms with Gasteiger partial charge in [-0.2, -0.15) is 0 Å². The lowest BCUT2D eigenvalue weighted by molar-refractivity contribution is 0.256. The second-order valence-corrected chi connectivity index (χ2v) is 4.60. The zero-order chi connectivity index (χ0) is 10.7. The number of hydrogen-bond donors (Lipinski definition) is 1. The van der Waals surface area contributed by atoms with Crippen molar-refractivity contribution >= 4 is 0 Å². The summed E-state index contributed by atoms with van der Waals surface area (Å²) in [6.45, 7) is 5.36. The molecule has 1 aromatic rings. The van der Waals surface area contributed by atoms with Crippen LogP contribution in [0.15, 0.2) is 30.3 Å². The molecule has 0 aliphatic carbocycles. The van der Waals surface area contributed by atoms with Crippen LogP contribution < -0.4 is 5.73 Å². The first-order chi connectivity index (χ1) is 7.29. The quantitative estimate of drug-likeness (QED) is 0.814. The van der Waals surface area contributed by atoms with E-state index in [1.165, 1.54) is 12.0 Å². The summed E-state index contributed by atoms with van der Waals surface area (Å²) in [6.07, 6.45) is 1.25. The van der Waals surface area contributed by atoms with Crippen LogP contribution in [-0.2, 0) is 6.54 Å². The molecule has 2 heteroatoms. The summed E-state index contributed by atoms with van der Waals surface area (Å²) in [6, 6.07) is 11.4. The van der Waals surface area contributed by atoms with Crippen molar-refractivity contribution in [3.8, 4) is 0 Å². The minimum Gasteiger partial charge on any atom is -0.330 e. The summed E-state index contributed by atoms with van der Waals surface area (Å²) in [4.78, 5) is 2.53. The number of hydrogen-bond acceptors (Lipinski definition) is 2. The van der Waals surface area contributed by atoms with Crippen LogP contribution in [0, 0.1) is 5.92 Å². The molecular weight excluding hydrogens is 184 g/mol. The van der Waals surface area contributed by atoms with Crippen molar-refractivity contribution in [1.82, 2.24) is 4.90 Å². The van der Waals surface area contributed by atoms with Crippen molar-refractivity contribution in [3.05, 3.63) is 35.9 Å². The lowest BCUT2D eigenvalue weighted by atomic mass is 10.1. The minimum absolute atomic E-state index is 0.679. The molecule has 0 amide bonds. The van der Waals surface area contributed by atoms with Crippen LogP contribution in [0.25, 0.3) is 0 Å². The van der Waals surface area contributed by atoms with Gasteiger partial charge in [0.05, 0.1) is 0 Å². The molecule has 2 nitrogen and oxygen atoms in total. The molecule has 0 spiro atoms. The monoisotopic (exact) mass is 204 g/mol. The average Bonchev–Trinajstić information content (AvgIpc) is 2.61. The van der Waals surface area contributed by atoms with E-state index in [-0.39, 0.29) is 0 Å². The summed E-state index contributed by atoms with van der Waals surface area (Å²) >= 11 is 0. The number of likely N-dealkylation sites (tertiary alicyclic amines) is 1. The minimum atomic E-state index is 0.679. The van der Waals surface area contributed by atoms with Gasteiger partial charge >= 0.3 is 0 Å². The van der Waals surface area contributed by atoms with Gasteiger partial charge in [0.25, 0.3) is 0 Å². The summed E-state index contributed by atoms with van der Waals surface area (Å²) in [5.41, 5.74) is 7.13.